The van der Waals surface area contributed by atoms with Crippen LogP contribution in [0, 0.1) is 0 Å². The second-order valence-corrected chi connectivity index (χ2v) is 5.05. The number of hydrogen-bond donors (Lipinski definition) is 2. The summed E-state index contributed by atoms with van der Waals surface area (Å²) in [7, 11) is 0. The van der Waals surface area contributed by atoms with Crippen LogP contribution in [0.3, 0.4) is 0 Å². The lowest BCUT2D eigenvalue weighted by Gasteiger charge is -2.16. The van der Waals surface area contributed by atoms with Crippen LogP contribution in [0.5, 0.6) is 11.5 Å². The summed E-state index contributed by atoms with van der Waals surface area (Å²) in [5.74, 6) is -0.138. The Hall–Kier alpha value is -1.96. The third-order valence-electron chi connectivity index (χ3n) is 3.80. The SMILES string of the molecule is CCc1cc(CC)c(-c2ccc(O)c(O)c2)c(CC)c1. The van der Waals surface area contributed by atoms with Gasteiger partial charge in [-0.1, -0.05) is 39.0 Å². The van der Waals surface area contributed by atoms with Gasteiger partial charge in [0, 0.05) is 0 Å². The first-order valence-electron chi connectivity index (χ1n) is 7.27. The Balaban J connectivity index is 2.67. The molecule has 0 heterocycles. The summed E-state index contributed by atoms with van der Waals surface area (Å²) < 4.78 is 0. The van der Waals surface area contributed by atoms with Crippen molar-refractivity contribution in [2.45, 2.75) is 40.0 Å². The lowest BCUT2D eigenvalue weighted by Crippen LogP contribution is -1.97. The van der Waals surface area contributed by atoms with E-state index in [-0.39, 0.29) is 11.5 Å². The average molecular weight is 270 g/mol. The van der Waals surface area contributed by atoms with E-state index in [1.165, 1.54) is 22.3 Å². The molecule has 0 bridgehead atoms. The zero-order valence-corrected chi connectivity index (χ0v) is 12.4. The van der Waals surface area contributed by atoms with Crippen molar-refractivity contribution in [3.63, 3.8) is 0 Å². The van der Waals surface area contributed by atoms with Crippen molar-refractivity contribution in [1.29, 1.82) is 0 Å². The van der Waals surface area contributed by atoms with Gasteiger partial charge in [-0.05, 0) is 59.2 Å². The van der Waals surface area contributed by atoms with Gasteiger partial charge in [0.2, 0.25) is 0 Å². The minimum absolute atomic E-state index is 0.0637. The van der Waals surface area contributed by atoms with Gasteiger partial charge in [0.1, 0.15) is 0 Å². The Morgan fingerprint density at radius 2 is 1.35 bits per heavy atom. The number of phenolic OH excluding ortho intramolecular Hbond substituents is 2. The molecule has 0 aliphatic heterocycles. The van der Waals surface area contributed by atoms with E-state index in [1.807, 2.05) is 6.07 Å². The standard InChI is InChI=1S/C18H22O2/c1-4-12-9-13(5-2)18(14(6-3)10-12)15-7-8-16(19)17(20)11-15/h7-11,19-20H,4-6H2,1-3H3. The molecule has 0 unspecified atom stereocenters. The first kappa shape index (κ1) is 14.4. The molecule has 2 aromatic rings. The normalized spacial score (nSPS) is 10.8. The average Bonchev–Trinajstić information content (AvgIpc) is 2.48. The van der Waals surface area contributed by atoms with Gasteiger partial charge in [0.05, 0.1) is 0 Å². The van der Waals surface area contributed by atoms with E-state index in [2.05, 4.69) is 32.9 Å². The van der Waals surface area contributed by atoms with Gasteiger partial charge in [-0.25, -0.2) is 0 Å². The molecule has 0 spiro atoms. The van der Waals surface area contributed by atoms with Crippen LogP contribution >= 0.6 is 0 Å². The highest BCUT2D eigenvalue weighted by Crippen LogP contribution is 2.35. The minimum atomic E-state index is -0.0741. The fraction of sp³-hybridized carbons (Fsp3) is 0.333. The maximum absolute atomic E-state index is 9.74. The predicted octanol–water partition coefficient (Wildman–Crippen LogP) is 4.45. The van der Waals surface area contributed by atoms with Crippen LogP contribution in [0.15, 0.2) is 30.3 Å². The first-order valence-corrected chi connectivity index (χ1v) is 7.27. The zero-order valence-electron chi connectivity index (χ0n) is 12.4. The van der Waals surface area contributed by atoms with Gasteiger partial charge in [0.25, 0.3) is 0 Å². The first-order chi connectivity index (χ1) is 9.60. The number of rotatable bonds is 4. The molecule has 0 saturated heterocycles. The van der Waals surface area contributed by atoms with Crippen LogP contribution in [-0.4, -0.2) is 10.2 Å². The van der Waals surface area contributed by atoms with Crippen molar-refractivity contribution in [3.8, 4) is 22.6 Å². The second kappa shape index (κ2) is 6.00. The molecule has 0 fully saturated rings. The fourth-order valence-corrected chi connectivity index (χ4v) is 2.65. The summed E-state index contributed by atoms with van der Waals surface area (Å²) in [4.78, 5) is 0. The van der Waals surface area contributed by atoms with E-state index < -0.39 is 0 Å². The zero-order chi connectivity index (χ0) is 14.7. The van der Waals surface area contributed by atoms with Crippen molar-refractivity contribution in [1.82, 2.24) is 0 Å². The lowest BCUT2D eigenvalue weighted by molar-refractivity contribution is 0.404. The Kier molecular flexibility index (Phi) is 4.33. The summed E-state index contributed by atoms with van der Waals surface area (Å²) in [5, 5.41) is 19.2. The Morgan fingerprint density at radius 1 is 0.750 bits per heavy atom. The summed E-state index contributed by atoms with van der Waals surface area (Å²) in [6, 6.07) is 9.57. The highest BCUT2D eigenvalue weighted by atomic mass is 16.3. The van der Waals surface area contributed by atoms with Crippen molar-refractivity contribution >= 4 is 0 Å². The van der Waals surface area contributed by atoms with Crippen molar-refractivity contribution in [2.24, 2.45) is 0 Å². The van der Waals surface area contributed by atoms with Gasteiger partial charge in [0.15, 0.2) is 11.5 Å². The molecule has 106 valence electrons. The van der Waals surface area contributed by atoms with E-state index in [0.29, 0.717) is 0 Å². The van der Waals surface area contributed by atoms with Crippen molar-refractivity contribution in [2.75, 3.05) is 0 Å². The van der Waals surface area contributed by atoms with E-state index in [4.69, 9.17) is 0 Å². The van der Waals surface area contributed by atoms with Gasteiger partial charge in [-0.15, -0.1) is 0 Å². The third-order valence-corrected chi connectivity index (χ3v) is 3.80. The van der Waals surface area contributed by atoms with Crippen molar-refractivity contribution in [3.05, 3.63) is 47.0 Å². The van der Waals surface area contributed by atoms with E-state index >= 15 is 0 Å². The molecule has 0 aliphatic rings. The Labute approximate surface area is 120 Å². The van der Waals surface area contributed by atoms with Crippen LogP contribution in [0.25, 0.3) is 11.1 Å². The van der Waals surface area contributed by atoms with Crippen LogP contribution in [-0.2, 0) is 19.3 Å². The van der Waals surface area contributed by atoms with Gasteiger partial charge < -0.3 is 10.2 Å². The van der Waals surface area contributed by atoms with E-state index in [1.54, 1.807) is 12.1 Å². The number of hydrogen-bond acceptors (Lipinski definition) is 2. The number of aryl methyl sites for hydroxylation is 3. The third kappa shape index (κ3) is 2.64. The Bertz CT molecular complexity index is 590. The molecule has 2 aromatic carbocycles. The molecule has 2 heteroatoms. The van der Waals surface area contributed by atoms with Crippen LogP contribution in [0.4, 0.5) is 0 Å². The van der Waals surface area contributed by atoms with E-state index in [9.17, 15) is 10.2 Å². The van der Waals surface area contributed by atoms with Gasteiger partial charge in [-0.3, -0.25) is 0 Å². The highest BCUT2D eigenvalue weighted by Gasteiger charge is 2.12. The molecular weight excluding hydrogens is 248 g/mol. The fourth-order valence-electron chi connectivity index (χ4n) is 2.65. The molecule has 2 N–H and O–H groups in total. The number of phenols is 2. The van der Waals surface area contributed by atoms with Gasteiger partial charge >= 0.3 is 0 Å². The molecule has 0 atom stereocenters. The molecule has 0 amide bonds. The summed E-state index contributed by atoms with van der Waals surface area (Å²) >= 11 is 0. The predicted molar refractivity (Wildman–Crippen MR) is 83.3 cm³/mol. The summed E-state index contributed by atoms with van der Waals surface area (Å²) in [5.41, 5.74) is 6.11. The minimum Gasteiger partial charge on any atom is -0.504 e. The topological polar surface area (TPSA) is 40.5 Å². The van der Waals surface area contributed by atoms with Crippen molar-refractivity contribution < 1.29 is 10.2 Å². The van der Waals surface area contributed by atoms with Crippen LogP contribution < -0.4 is 0 Å². The van der Waals surface area contributed by atoms with Gasteiger partial charge in [-0.2, -0.15) is 0 Å². The molecule has 0 aliphatic carbocycles. The van der Waals surface area contributed by atoms with E-state index in [0.717, 1.165) is 24.8 Å². The molecule has 20 heavy (non-hydrogen) atoms. The van der Waals surface area contributed by atoms with Crippen LogP contribution in [0.2, 0.25) is 0 Å². The monoisotopic (exact) mass is 270 g/mol. The second-order valence-electron chi connectivity index (χ2n) is 5.05. The molecular formula is C18H22O2. The Morgan fingerprint density at radius 3 is 1.80 bits per heavy atom. The maximum atomic E-state index is 9.74. The quantitative estimate of drug-likeness (QED) is 0.806. The number of aromatic hydroxyl groups is 2. The molecule has 0 saturated carbocycles. The lowest BCUT2D eigenvalue weighted by atomic mass is 9.89. The highest BCUT2D eigenvalue weighted by molar-refractivity contribution is 5.74. The molecule has 2 nitrogen and oxygen atoms in total. The largest absolute Gasteiger partial charge is 0.504 e. The number of benzene rings is 2. The molecule has 0 aromatic heterocycles. The maximum Gasteiger partial charge on any atom is 0.158 e. The summed E-state index contributed by atoms with van der Waals surface area (Å²) in [6.45, 7) is 6.47. The molecule has 0 radical (unpaired) electrons. The smallest absolute Gasteiger partial charge is 0.158 e. The molecule has 2 rings (SSSR count). The summed E-state index contributed by atoms with van der Waals surface area (Å²) in [6.07, 6.45) is 2.94. The van der Waals surface area contributed by atoms with Crippen LogP contribution in [0.1, 0.15) is 37.5 Å².